The summed E-state index contributed by atoms with van der Waals surface area (Å²) in [5, 5.41) is 3.52. The number of ether oxygens (including phenoxy) is 1. The summed E-state index contributed by atoms with van der Waals surface area (Å²) in [5.74, 6) is 0.991. The maximum Gasteiger partial charge on any atom is 0.222 e. The van der Waals surface area contributed by atoms with Crippen LogP contribution in [0.3, 0.4) is 0 Å². The van der Waals surface area contributed by atoms with Crippen LogP contribution in [0.15, 0.2) is 0 Å². The van der Waals surface area contributed by atoms with Crippen molar-refractivity contribution in [3.8, 4) is 0 Å². The van der Waals surface area contributed by atoms with E-state index in [-0.39, 0.29) is 0 Å². The first kappa shape index (κ1) is 14.3. The molecule has 20 heavy (non-hydrogen) atoms. The van der Waals surface area contributed by atoms with Gasteiger partial charge in [-0.15, -0.1) is 0 Å². The van der Waals surface area contributed by atoms with Crippen LogP contribution in [-0.4, -0.2) is 49.2 Å². The Bertz CT molecular complexity index is 318. The van der Waals surface area contributed by atoms with Crippen LogP contribution in [0.5, 0.6) is 0 Å². The summed E-state index contributed by atoms with van der Waals surface area (Å²) in [6.45, 7) is 3.83. The highest BCUT2D eigenvalue weighted by atomic mass is 16.5. The van der Waals surface area contributed by atoms with E-state index in [1.165, 1.54) is 32.1 Å². The fraction of sp³-hybridized carbons (Fsp3) is 0.938. The van der Waals surface area contributed by atoms with Crippen LogP contribution in [0.1, 0.15) is 51.4 Å². The third kappa shape index (κ3) is 3.95. The molecule has 3 rings (SSSR count). The Morgan fingerprint density at radius 3 is 2.75 bits per heavy atom. The average Bonchev–Trinajstić information content (AvgIpc) is 3.20. The molecule has 3 aliphatic rings. The van der Waals surface area contributed by atoms with Crippen LogP contribution in [0.2, 0.25) is 0 Å². The molecule has 4 heteroatoms. The van der Waals surface area contributed by atoms with E-state index in [0.717, 1.165) is 45.6 Å². The predicted octanol–water partition coefficient (Wildman–Crippen LogP) is 1.94. The molecule has 0 spiro atoms. The third-order valence-electron chi connectivity index (χ3n) is 4.91. The lowest BCUT2D eigenvalue weighted by Gasteiger charge is -2.27. The van der Waals surface area contributed by atoms with E-state index >= 15 is 0 Å². The lowest BCUT2D eigenvalue weighted by atomic mass is 9.96. The molecule has 2 aliphatic heterocycles. The van der Waals surface area contributed by atoms with Gasteiger partial charge in [-0.1, -0.05) is 0 Å². The second kappa shape index (κ2) is 6.90. The van der Waals surface area contributed by atoms with Gasteiger partial charge in [0.05, 0.1) is 0 Å². The summed E-state index contributed by atoms with van der Waals surface area (Å²) in [6, 6.07) is 1.09. The van der Waals surface area contributed by atoms with Crippen LogP contribution in [0.25, 0.3) is 0 Å². The molecule has 1 amide bonds. The first-order chi connectivity index (χ1) is 9.83. The van der Waals surface area contributed by atoms with Crippen molar-refractivity contribution in [1.82, 2.24) is 10.2 Å². The maximum atomic E-state index is 12.5. The molecule has 0 radical (unpaired) electrons. The predicted molar refractivity (Wildman–Crippen MR) is 78.5 cm³/mol. The largest absolute Gasteiger partial charge is 0.381 e. The van der Waals surface area contributed by atoms with Crippen molar-refractivity contribution in [2.45, 2.75) is 63.5 Å². The number of amides is 1. The summed E-state index contributed by atoms with van der Waals surface area (Å²) in [7, 11) is 0. The minimum absolute atomic E-state index is 0.381. The molecule has 114 valence electrons. The molecule has 0 aromatic carbocycles. The Balaban J connectivity index is 1.44. The molecule has 1 aliphatic carbocycles. The number of carbonyl (C=O) groups excluding carboxylic acids is 1. The third-order valence-corrected chi connectivity index (χ3v) is 4.91. The summed E-state index contributed by atoms with van der Waals surface area (Å²) in [6.07, 6.45) is 9.05. The lowest BCUT2D eigenvalue weighted by Crippen LogP contribution is -2.42. The van der Waals surface area contributed by atoms with Crippen molar-refractivity contribution in [3.05, 3.63) is 0 Å². The quantitative estimate of drug-likeness (QED) is 0.808. The average molecular weight is 280 g/mol. The number of nitrogens with zero attached hydrogens (tertiary/aromatic N) is 1. The monoisotopic (exact) mass is 280 g/mol. The molecule has 0 bridgehead atoms. The molecule has 1 N–H and O–H groups in total. The topological polar surface area (TPSA) is 41.6 Å². The van der Waals surface area contributed by atoms with Gasteiger partial charge >= 0.3 is 0 Å². The molecular formula is C16H28N2O2. The number of nitrogens with one attached hydrogen (secondary N) is 1. The van der Waals surface area contributed by atoms with E-state index in [4.69, 9.17) is 4.74 Å². The summed E-state index contributed by atoms with van der Waals surface area (Å²) < 4.78 is 5.51. The molecule has 2 heterocycles. The van der Waals surface area contributed by atoms with Gasteiger partial charge in [0.1, 0.15) is 0 Å². The Morgan fingerprint density at radius 2 is 2.10 bits per heavy atom. The van der Waals surface area contributed by atoms with Gasteiger partial charge in [0.25, 0.3) is 0 Å². The van der Waals surface area contributed by atoms with Crippen molar-refractivity contribution in [2.24, 2.45) is 5.92 Å². The molecule has 4 nitrogen and oxygen atoms in total. The van der Waals surface area contributed by atoms with Crippen molar-refractivity contribution in [2.75, 3.05) is 26.3 Å². The van der Waals surface area contributed by atoms with E-state index in [1.54, 1.807) is 0 Å². The van der Waals surface area contributed by atoms with E-state index in [0.29, 0.717) is 23.9 Å². The number of carbonyl (C=O) groups is 1. The van der Waals surface area contributed by atoms with Gasteiger partial charge in [0.15, 0.2) is 0 Å². The molecule has 0 aromatic heterocycles. The van der Waals surface area contributed by atoms with Crippen molar-refractivity contribution < 1.29 is 9.53 Å². The summed E-state index contributed by atoms with van der Waals surface area (Å²) in [4.78, 5) is 14.7. The summed E-state index contributed by atoms with van der Waals surface area (Å²) in [5.41, 5.74) is 0. The Kier molecular flexibility index (Phi) is 4.94. The minimum atomic E-state index is 0.381. The maximum absolute atomic E-state index is 12.5. The van der Waals surface area contributed by atoms with Gasteiger partial charge in [-0.05, 0) is 57.4 Å². The summed E-state index contributed by atoms with van der Waals surface area (Å²) >= 11 is 0. The zero-order valence-electron chi connectivity index (χ0n) is 12.5. The minimum Gasteiger partial charge on any atom is -0.381 e. The van der Waals surface area contributed by atoms with Gasteiger partial charge in [-0.3, -0.25) is 4.79 Å². The van der Waals surface area contributed by atoms with Crippen LogP contribution in [0, 0.1) is 5.92 Å². The fourth-order valence-corrected chi connectivity index (χ4v) is 3.50. The molecule has 0 aromatic rings. The standard InChI is InChI=1S/C16H28N2O2/c19-16(8-5-13-3-2-10-20-12-13)18(15-6-7-15)11-14-4-1-9-17-14/h13-15,17H,1-12H2/t13-,14-/m1/s1. The second-order valence-electron chi connectivity index (χ2n) is 6.69. The van der Waals surface area contributed by atoms with E-state index in [2.05, 4.69) is 10.2 Å². The van der Waals surface area contributed by atoms with Crippen molar-refractivity contribution in [3.63, 3.8) is 0 Å². The van der Waals surface area contributed by atoms with Crippen molar-refractivity contribution in [1.29, 1.82) is 0 Å². The Morgan fingerprint density at radius 1 is 1.20 bits per heavy atom. The highest BCUT2D eigenvalue weighted by molar-refractivity contribution is 5.77. The van der Waals surface area contributed by atoms with Crippen LogP contribution in [-0.2, 0) is 9.53 Å². The Labute approximate surface area is 122 Å². The van der Waals surface area contributed by atoms with Gasteiger partial charge in [-0.2, -0.15) is 0 Å². The number of rotatable bonds is 6. The van der Waals surface area contributed by atoms with Gasteiger partial charge in [0.2, 0.25) is 5.91 Å². The SMILES string of the molecule is O=C(CC[C@H]1CCCOC1)N(C[C@H]1CCCN1)C1CC1. The first-order valence-electron chi connectivity index (χ1n) is 8.43. The van der Waals surface area contributed by atoms with Gasteiger partial charge in [-0.25, -0.2) is 0 Å². The van der Waals surface area contributed by atoms with Crippen LogP contribution >= 0.6 is 0 Å². The van der Waals surface area contributed by atoms with E-state index in [1.807, 2.05) is 0 Å². The number of hydrogen-bond donors (Lipinski definition) is 1. The zero-order chi connectivity index (χ0) is 13.8. The fourth-order valence-electron chi connectivity index (χ4n) is 3.50. The first-order valence-corrected chi connectivity index (χ1v) is 8.43. The molecule has 3 fully saturated rings. The van der Waals surface area contributed by atoms with Crippen LogP contribution in [0.4, 0.5) is 0 Å². The molecule has 1 saturated carbocycles. The second-order valence-corrected chi connectivity index (χ2v) is 6.69. The molecule has 2 saturated heterocycles. The molecule has 2 atom stereocenters. The zero-order valence-corrected chi connectivity index (χ0v) is 12.5. The lowest BCUT2D eigenvalue weighted by molar-refractivity contribution is -0.132. The molecule has 0 unspecified atom stereocenters. The molecular weight excluding hydrogens is 252 g/mol. The highest BCUT2D eigenvalue weighted by Gasteiger charge is 2.34. The Hall–Kier alpha value is -0.610. The van der Waals surface area contributed by atoms with E-state index < -0.39 is 0 Å². The van der Waals surface area contributed by atoms with Crippen LogP contribution < -0.4 is 5.32 Å². The van der Waals surface area contributed by atoms with Gasteiger partial charge in [0, 0.05) is 38.3 Å². The normalized spacial score (nSPS) is 30.4. The highest BCUT2D eigenvalue weighted by Crippen LogP contribution is 2.29. The van der Waals surface area contributed by atoms with Gasteiger partial charge < -0.3 is 15.0 Å². The van der Waals surface area contributed by atoms with Crippen molar-refractivity contribution >= 4 is 5.91 Å². The number of hydrogen-bond acceptors (Lipinski definition) is 3. The van der Waals surface area contributed by atoms with E-state index in [9.17, 15) is 4.79 Å². The smallest absolute Gasteiger partial charge is 0.222 e.